The molecule has 0 spiro atoms. The van der Waals surface area contributed by atoms with Gasteiger partial charge in [0.05, 0.1) is 7.11 Å². The second-order valence-electron chi connectivity index (χ2n) is 6.76. The molecule has 0 bridgehead atoms. The highest BCUT2D eigenvalue weighted by atomic mass is 32.2. The molecule has 1 N–H and O–H groups in total. The van der Waals surface area contributed by atoms with Crippen LogP contribution in [0.4, 0.5) is 16.2 Å². The molecule has 2 heterocycles. The van der Waals surface area contributed by atoms with Crippen LogP contribution in [0.2, 0.25) is 0 Å². The van der Waals surface area contributed by atoms with Gasteiger partial charge in [-0.25, -0.2) is 14.8 Å². The molecule has 162 valence electrons. The standard InChI is InChI=1S/C23H20N4O4S/c1-27(23(29)30-2)16-10-8-15(9-11-16)26-21(28)20-18(14-32-22-24-12-5-13-25-22)17-6-3-4-7-19(17)31-20/h3-13H,14H2,1-2H3,(H,26,28). The van der Waals surface area contributed by atoms with Crippen LogP contribution in [0.5, 0.6) is 0 Å². The van der Waals surface area contributed by atoms with E-state index in [1.165, 1.54) is 23.8 Å². The third-order valence-corrected chi connectivity index (χ3v) is 5.66. The quantitative estimate of drug-likeness (QED) is 0.328. The topological polar surface area (TPSA) is 97.6 Å². The molecule has 2 aromatic heterocycles. The molecule has 0 saturated carbocycles. The van der Waals surface area contributed by atoms with Gasteiger partial charge in [0, 0.05) is 47.5 Å². The average molecular weight is 449 g/mol. The van der Waals surface area contributed by atoms with E-state index in [2.05, 4.69) is 15.3 Å². The highest BCUT2D eigenvalue weighted by Crippen LogP contribution is 2.31. The highest BCUT2D eigenvalue weighted by Gasteiger charge is 2.21. The van der Waals surface area contributed by atoms with Crippen LogP contribution in [0.25, 0.3) is 11.0 Å². The lowest BCUT2D eigenvalue weighted by Gasteiger charge is -2.15. The average Bonchev–Trinajstić information content (AvgIpc) is 3.21. The van der Waals surface area contributed by atoms with Gasteiger partial charge in [0.25, 0.3) is 5.91 Å². The third kappa shape index (κ3) is 4.57. The van der Waals surface area contributed by atoms with Gasteiger partial charge in [0.2, 0.25) is 0 Å². The molecule has 0 fully saturated rings. The Morgan fingerprint density at radius 3 is 2.50 bits per heavy atom. The number of anilines is 2. The zero-order chi connectivity index (χ0) is 22.5. The smallest absolute Gasteiger partial charge is 0.413 e. The largest absolute Gasteiger partial charge is 0.452 e. The number of thioether (sulfide) groups is 1. The molecule has 32 heavy (non-hydrogen) atoms. The number of rotatable bonds is 6. The third-order valence-electron chi connectivity index (χ3n) is 4.75. The number of amides is 2. The first kappa shape index (κ1) is 21.4. The van der Waals surface area contributed by atoms with Crippen LogP contribution < -0.4 is 10.2 Å². The van der Waals surface area contributed by atoms with E-state index in [4.69, 9.17) is 9.15 Å². The molecular weight excluding hydrogens is 428 g/mol. The molecule has 0 radical (unpaired) electrons. The Kier molecular flexibility index (Phi) is 6.37. The van der Waals surface area contributed by atoms with Crippen LogP contribution in [-0.2, 0) is 10.5 Å². The predicted octanol–water partition coefficient (Wildman–Crippen LogP) is 4.97. The summed E-state index contributed by atoms with van der Waals surface area (Å²) in [6, 6.07) is 16.1. The number of ether oxygens (including phenoxy) is 1. The minimum Gasteiger partial charge on any atom is -0.452 e. The fraction of sp³-hybridized carbons (Fsp3) is 0.130. The summed E-state index contributed by atoms with van der Waals surface area (Å²) in [5.41, 5.74) is 2.62. The summed E-state index contributed by atoms with van der Waals surface area (Å²) in [6.45, 7) is 0. The van der Waals surface area contributed by atoms with Crippen molar-refractivity contribution in [3.8, 4) is 0 Å². The molecule has 2 aromatic carbocycles. The zero-order valence-electron chi connectivity index (χ0n) is 17.4. The number of fused-ring (bicyclic) bond motifs is 1. The van der Waals surface area contributed by atoms with Crippen molar-refractivity contribution in [2.45, 2.75) is 10.9 Å². The van der Waals surface area contributed by atoms with Crippen molar-refractivity contribution in [2.75, 3.05) is 24.4 Å². The van der Waals surface area contributed by atoms with Gasteiger partial charge in [-0.3, -0.25) is 9.69 Å². The lowest BCUT2D eigenvalue weighted by atomic mass is 10.1. The summed E-state index contributed by atoms with van der Waals surface area (Å²) >= 11 is 1.43. The molecule has 4 aromatic rings. The summed E-state index contributed by atoms with van der Waals surface area (Å²) in [4.78, 5) is 34.5. The summed E-state index contributed by atoms with van der Waals surface area (Å²) in [7, 11) is 2.93. The first-order chi connectivity index (χ1) is 15.6. The van der Waals surface area contributed by atoms with E-state index >= 15 is 0 Å². The molecule has 9 heteroatoms. The number of aromatic nitrogens is 2. The van der Waals surface area contributed by atoms with Crippen molar-refractivity contribution in [1.82, 2.24) is 9.97 Å². The number of hydrogen-bond donors (Lipinski definition) is 1. The molecule has 0 atom stereocenters. The van der Waals surface area contributed by atoms with Crippen molar-refractivity contribution >= 4 is 46.1 Å². The van der Waals surface area contributed by atoms with E-state index in [1.54, 1.807) is 49.8 Å². The van der Waals surface area contributed by atoms with E-state index in [0.29, 0.717) is 27.9 Å². The number of nitrogens with zero attached hydrogens (tertiary/aromatic N) is 3. The Bertz CT molecular complexity index is 1240. The fourth-order valence-electron chi connectivity index (χ4n) is 3.12. The summed E-state index contributed by atoms with van der Waals surface area (Å²) in [6.07, 6.45) is 2.88. The van der Waals surface area contributed by atoms with Gasteiger partial charge >= 0.3 is 6.09 Å². The van der Waals surface area contributed by atoms with E-state index < -0.39 is 6.09 Å². The van der Waals surface area contributed by atoms with Crippen LogP contribution in [0, 0.1) is 0 Å². The van der Waals surface area contributed by atoms with E-state index in [-0.39, 0.29) is 11.7 Å². The number of carbonyl (C=O) groups is 2. The minimum atomic E-state index is -0.478. The molecule has 0 aliphatic rings. The van der Waals surface area contributed by atoms with Crippen LogP contribution in [0.1, 0.15) is 16.1 Å². The maximum atomic E-state index is 13.1. The number of carbonyl (C=O) groups excluding carboxylic acids is 2. The lowest BCUT2D eigenvalue weighted by Crippen LogP contribution is -2.25. The van der Waals surface area contributed by atoms with Crippen LogP contribution >= 0.6 is 11.8 Å². The predicted molar refractivity (Wildman–Crippen MR) is 123 cm³/mol. The Morgan fingerprint density at radius 1 is 1.06 bits per heavy atom. The van der Waals surface area contributed by atoms with Gasteiger partial charge in [-0.15, -0.1) is 0 Å². The minimum absolute atomic E-state index is 0.241. The second-order valence-corrected chi connectivity index (χ2v) is 7.70. The SMILES string of the molecule is COC(=O)N(C)c1ccc(NC(=O)c2oc3ccccc3c2CSc2ncccn2)cc1. The van der Waals surface area contributed by atoms with Crippen LogP contribution in [-0.4, -0.2) is 36.1 Å². The first-order valence-electron chi connectivity index (χ1n) is 9.70. The number of furan rings is 1. The Hall–Kier alpha value is -3.85. The van der Waals surface area contributed by atoms with Crippen molar-refractivity contribution in [3.63, 3.8) is 0 Å². The summed E-state index contributed by atoms with van der Waals surface area (Å²) in [5.74, 6) is 0.359. The number of hydrogen-bond acceptors (Lipinski definition) is 7. The van der Waals surface area contributed by atoms with Crippen molar-refractivity contribution in [2.24, 2.45) is 0 Å². The van der Waals surface area contributed by atoms with Gasteiger partial charge in [-0.05, 0) is 36.4 Å². The van der Waals surface area contributed by atoms with Crippen molar-refractivity contribution in [1.29, 1.82) is 0 Å². The van der Waals surface area contributed by atoms with Crippen LogP contribution in [0.3, 0.4) is 0 Å². The molecular formula is C23H20N4O4S. The van der Waals surface area contributed by atoms with Gasteiger partial charge in [-0.2, -0.15) is 0 Å². The van der Waals surface area contributed by atoms with Gasteiger partial charge in [0.15, 0.2) is 10.9 Å². The maximum absolute atomic E-state index is 13.1. The summed E-state index contributed by atoms with van der Waals surface area (Å²) < 4.78 is 10.6. The maximum Gasteiger partial charge on any atom is 0.413 e. The Balaban J connectivity index is 1.56. The molecule has 0 unspecified atom stereocenters. The normalized spacial score (nSPS) is 10.7. The molecule has 8 nitrogen and oxygen atoms in total. The molecule has 0 aliphatic heterocycles. The Labute approximate surface area is 188 Å². The number of benzene rings is 2. The molecule has 4 rings (SSSR count). The Morgan fingerprint density at radius 2 is 1.78 bits per heavy atom. The van der Waals surface area contributed by atoms with Crippen molar-refractivity contribution in [3.05, 3.63) is 78.3 Å². The number of nitrogens with one attached hydrogen (secondary N) is 1. The number of methoxy groups -OCH3 is 1. The zero-order valence-corrected chi connectivity index (χ0v) is 18.3. The van der Waals surface area contributed by atoms with Crippen molar-refractivity contribution < 1.29 is 18.7 Å². The summed E-state index contributed by atoms with van der Waals surface area (Å²) in [5, 5.41) is 4.35. The lowest BCUT2D eigenvalue weighted by molar-refractivity contribution is 0.0997. The monoisotopic (exact) mass is 448 g/mol. The van der Waals surface area contributed by atoms with Gasteiger partial charge < -0.3 is 14.5 Å². The van der Waals surface area contributed by atoms with E-state index in [1.807, 2.05) is 24.3 Å². The number of para-hydroxylation sites is 1. The van der Waals surface area contributed by atoms with Gasteiger partial charge in [0.1, 0.15) is 5.58 Å². The van der Waals surface area contributed by atoms with E-state index in [9.17, 15) is 9.59 Å². The van der Waals surface area contributed by atoms with Crippen LogP contribution in [0.15, 0.2) is 76.6 Å². The first-order valence-corrected chi connectivity index (χ1v) is 10.7. The van der Waals surface area contributed by atoms with Gasteiger partial charge in [-0.1, -0.05) is 30.0 Å². The van der Waals surface area contributed by atoms with E-state index in [0.717, 1.165) is 10.9 Å². The second kappa shape index (κ2) is 9.52. The fourth-order valence-corrected chi connectivity index (χ4v) is 3.95. The highest BCUT2D eigenvalue weighted by molar-refractivity contribution is 7.98. The molecule has 0 saturated heterocycles. The molecule has 2 amide bonds. The molecule has 0 aliphatic carbocycles.